The molecule has 1 unspecified atom stereocenters. The average Bonchev–Trinajstić information content (AvgIpc) is 2.96. The zero-order chi connectivity index (χ0) is 14.5. The van der Waals surface area contributed by atoms with Gasteiger partial charge in [0.15, 0.2) is 5.96 Å². The third kappa shape index (κ3) is 4.33. The summed E-state index contributed by atoms with van der Waals surface area (Å²) in [4.78, 5) is 6.98. The topological polar surface area (TPSA) is 48.9 Å². The Balaban J connectivity index is 1.36. The summed E-state index contributed by atoms with van der Waals surface area (Å²) in [5.41, 5.74) is 0. The normalized spacial score (nSPS) is 29.4. The molecule has 21 heavy (non-hydrogen) atoms. The van der Waals surface area contributed by atoms with E-state index in [4.69, 9.17) is 4.74 Å². The second-order valence-electron chi connectivity index (χ2n) is 6.79. The van der Waals surface area contributed by atoms with E-state index in [9.17, 15) is 0 Å². The molecule has 0 aromatic rings. The van der Waals surface area contributed by atoms with Gasteiger partial charge in [-0.15, -0.1) is 0 Å². The number of nitrogens with one attached hydrogen (secondary N) is 2. The molecule has 5 nitrogen and oxygen atoms in total. The molecule has 3 aliphatic rings. The molecule has 2 N–H and O–H groups in total. The largest absolute Gasteiger partial charge is 0.381 e. The van der Waals surface area contributed by atoms with Gasteiger partial charge in [-0.3, -0.25) is 4.99 Å². The maximum atomic E-state index is 5.48. The van der Waals surface area contributed by atoms with E-state index in [-0.39, 0.29) is 0 Å². The quantitative estimate of drug-likeness (QED) is 0.604. The average molecular weight is 294 g/mol. The number of guanidine groups is 1. The molecule has 0 radical (unpaired) electrons. The Bertz CT molecular complexity index is 342. The Hall–Kier alpha value is -0.810. The van der Waals surface area contributed by atoms with E-state index >= 15 is 0 Å². The van der Waals surface area contributed by atoms with Crippen LogP contribution in [0.2, 0.25) is 0 Å². The molecule has 2 aliphatic heterocycles. The van der Waals surface area contributed by atoms with Crippen molar-refractivity contribution in [1.82, 2.24) is 15.5 Å². The van der Waals surface area contributed by atoms with Gasteiger partial charge in [-0.1, -0.05) is 0 Å². The third-order valence-corrected chi connectivity index (χ3v) is 5.14. The summed E-state index contributed by atoms with van der Waals surface area (Å²) in [5.74, 6) is 1.77. The molecule has 1 aliphatic carbocycles. The van der Waals surface area contributed by atoms with Crippen LogP contribution < -0.4 is 10.6 Å². The van der Waals surface area contributed by atoms with Gasteiger partial charge in [-0.05, 0) is 44.4 Å². The Kier molecular flexibility index (Phi) is 5.36. The van der Waals surface area contributed by atoms with Gasteiger partial charge in [-0.2, -0.15) is 0 Å². The first-order chi connectivity index (χ1) is 10.3. The molecule has 3 fully saturated rings. The van der Waals surface area contributed by atoms with Crippen molar-refractivity contribution >= 4 is 5.96 Å². The molecule has 0 bridgehead atoms. The second-order valence-corrected chi connectivity index (χ2v) is 6.79. The van der Waals surface area contributed by atoms with Crippen LogP contribution in [0.4, 0.5) is 0 Å². The van der Waals surface area contributed by atoms with Crippen LogP contribution in [0, 0.1) is 5.92 Å². The smallest absolute Gasteiger partial charge is 0.191 e. The number of aliphatic imine (C=N–C) groups is 1. The zero-order valence-electron chi connectivity index (χ0n) is 13.3. The first kappa shape index (κ1) is 15.1. The van der Waals surface area contributed by atoms with Crippen LogP contribution in [-0.2, 0) is 4.74 Å². The van der Waals surface area contributed by atoms with Crippen molar-refractivity contribution in [2.75, 3.05) is 39.9 Å². The van der Waals surface area contributed by atoms with E-state index in [1.807, 2.05) is 7.05 Å². The van der Waals surface area contributed by atoms with Gasteiger partial charge in [-0.25, -0.2) is 0 Å². The monoisotopic (exact) mass is 294 g/mol. The predicted octanol–water partition coefficient (Wildman–Crippen LogP) is 1.20. The van der Waals surface area contributed by atoms with E-state index in [1.165, 1.54) is 58.2 Å². The van der Waals surface area contributed by atoms with Gasteiger partial charge >= 0.3 is 0 Å². The lowest BCUT2D eigenvalue weighted by atomic mass is 9.93. The highest BCUT2D eigenvalue weighted by molar-refractivity contribution is 5.80. The number of hydrogen-bond acceptors (Lipinski definition) is 3. The maximum absolute atomic E-state index is 5.48. The molecule has 2 heterocycles. The Morgan fingerprint density at radius 3 is 2.33 bits per heavy atom. The Morgan fingerprint density at radius 2 is 1.81 bits per heavy atom. The molecule has 120 valence electrons. The van der Waals surface area contributed by atoms with Gasteiger partial charge in [0.2, 0.25) is 0 Å². The summed E-state index contributed by atoms with van der Waals surface area (Å²) in [5, 5.41) is 7.14. The van der Waals surface area contributed by atoms with Gasteiger partial charge in [0.05, 0.1) is 6.61 Å². The minimum atomic E-state index is 0.576. The minimum Gasteiger partial charge on any atom is -0.381 e. The number of rotatable bonds is 4. The number of piperidine rings is 1. The molecular weight excluding hydrogens is 264 g/mol. The fraction of sp³-hybridized carbons (Fsp3) is 0.938. The fourth-order valence-corrected chi connectivity index (χ4v) is 3.46. The van der Waals surface area contributed by atoms with Gasteiger partial charge < -0.3 is 20.3 Å². The van der Waals surface area contributed by atoms with Crippen LogP contribution in [0.5, 0.6) is 0 Å². The van der Waals surface area contributed by atoms with Crippen molar-refractivity contribution in [1.29, 1.82) is 0 Å². The maximum Gasteiger partial charge on any atom is 0.191 e. The molecule has 1 saturated carbocycles. The molecule has 5 heteroatoms. The van der Waals surface area contributed by atoms with Crippen molar-refractivity contribution in [2.24, 2.45) is 10.9 Å². The van der Waals surface area contributed by atoms with Crippen LogP contribution in [0.1, 0.15) is 38.5 Å². The first-order valence-corrected chi connectivity index (χ1v) is 8.63. The number of nitrogens with zero attached hydrogens (tertiary/aromatic N) is 2. The zero-order valence-corrected chi connectivity index (χ0v) is 13.3. The molecule has 0 amide bonds. The van der Waals surface area contributed by atoms with Crippen molar-refractivity contribution < 1.29 is 4.74 Å². The lowest BCUT2D eigenvalue weighted by Crippen LogP contribution is -2.52. The van der Waals surface area contributed by atoms with E-state index in [0.29, 0.717) is 12.1 Å². The van der Waals surface area contributed by atoms with E-state index in [2.05, 4.69) is 20.5 Å². The number of hydrogen-bond donors (Lipinski definition) is 2. The van der Waals surface area contributed by atoms with E-state index < -0.39 is 0 Å². The van der Waals surface area contributed by atoms with E-state index in [0.717, 1.165) is 25.1 Å². The van der Waals surface area contributed by atoms with Crippen molar-refractivity contribution in [2.45, 2.75) is 50.6 Å². The molecule has 0 aromatic carbocycles. The van der Waals surface area contributed by atoms with E-state index in [1.54, 1.807) is 0 Å². The van der Waals surface area contributed by atoms with Crippen LogP contribution >= 0.6 is 0 Å². The molecular formula is C16H30N4O. The predicted molar refractivity (Wildman–Crippen MR) is 85.7 cm³/mol. The van der Waals surface area contributed by atoms with Crippen molar-refractivity contribution in [3.63, 3.8) is 0 Å². The van der Waals surface area contributed by atoms with Gasteiger partial charge in [0.1, 0.15) is 0 Å². The van der Waals surface area contributed by atoms with Crippen LogP contribution in [0.3, 0.4) is 0 Å². The molecule has 0 spiro atoms. The Morgan fingerprint density at radius 1 is 1.10 bits per heavy atom. The summed E-state index contributed by atoms with van der Waals surface area (Å²) in [6.45, 7) is 5.56. The van der Waals surface area contributed by atoms with Crippen molar-refractivity contribution in [3.05, 3.63) is 0 Å². The Labute approximate surface area is 128 Å². The SMILES string of the molecule is CN=C(NC1CCC1)NC1CCN(CC2CCOC2)CC1. The fourth-order valence-electron chi connectivity index (χ4n) is 3.46. The summed E-state index contributed by atoms with van der Waals surface area (Å²) >= 11 is 0. The summed E-state index contributed by atoms with van der Waals surface area (Å²) in [6.07, 6.45) is 7.64. The number of likely N-dealkylation sites (tertiary alicyclic amines) is 1. The molecule has 1 atom stereocenters. The summed E-state index contributed by atoms with van der Waals surface area (Å²) in [6, 6.07) is 1.23. The minimum absolute atomic E-state index is 0.576. The highest BCUT2D eigenvalue weighted by atomic mass is 16.5. The van der Waals surface area contributed by atoms with Crippen LogP contribution in [0.25, 0.3) is 0 Å². The molecule has 2 saturated heterocycles. The van der Waals surface area contributed by atoms with Crippen LogP contribution in [-0.4, -0.2) is 62.8 Å². The van der Waals surface area contributed by atoms with Crippen LogP contribution in [0.15, 0.2) is 4.99 Å². The highest BCUT2D eigenvalue weighted by Gasteiger charge is 2.25. The third-order valence-electron chi connectivity index (χ3n) is 5.14. The van der Waals surface area contributed by atoms with Gasteiger partial charge in [0, 0.05) is 45.4 Å². The first-order valence-electron chi connectivity index (χ1n) is 8.63. The standard InChI is InChI=1S/C16H30N4O/c1-17-16(18-14-3-2-4-14)19-15-5-8-20(9-6-15)11-13-7-10-21-12-13/h13-15H,2-12H2,1H3,(H2,17,18,19). The van der Waals surface area contributed by atoms with Gasteiger partial charge in [0.25, 0.3) is 0 Å². The summed E-state index contributed by atoms with van der Waals surface area (Å²) < 4.78 is 5.48. The lowest BCUT2D eigenvalue weighted by molar-refractivity contribution is 0.150. The molecule has 0 aromatic heterocycles. The second kappa shape index (κ2) is 7.45. The number of ether oxygens (including phenoxy) is 1. The van der Waals surface area contributed by atoms with Crippen molar-refractivity contribution in [3.8, 4) is 0 Å². The summed E-state index contributed by atoms with van der Waals surface area (Å²) in [7, 11) is 1.88. The highest BCUT2D eigenvalue weighted by Crippen LogP contribution is 2.19. The molecule has 3 rings (SSSR count). The lowest BCUT2D eigenvalue weighted by Gasteiger charge is -2.35.